The molecule has 2 aromatic rings. The minimum absolute atomic E-state index is 0.00560. The number of pyridine rings is 1. The molecule has 3 amide bonds. The average molecular weight is 595 g/mol. The summed E-state index contributed by atoms with van der Waals surface area (Å²) in [6.45, 7) is 14.0. The molecule has 1 aliphatic carbocycles. The summed E-state index contributed by atoms with van der Waals surface area (Å²) in [7, 11) is 1.56. The summed E-state index contributed by atoms with van der Waals surface area (Å²) in [6.07, 6.45) is 1.87. The van der Waals surface area contributed by atoms with E-state index in [2.05, 4.69) is 28.8 Å². The van der Waals surface area contributed by atoms with Crippen LogP contribution in [0.25, 0.3) is 10.9 Å². The number of likely N-dealkylation sites (tertiary alicyclic amines) is 1. The van der Waals surface area contributed by atoms with E-state index in [0.29, 0.717) is 22.4 Å². The van der Waals surface area contributed by atoms with Gasteiger partial charge in [-0.1, -0.05) is 33.4 Å². The van der Waals surface area contributed by atoms with Gasteiger partial charge in [-0.05, 0) is 37.0 Å². The maximum atomic E-state index is 14.1. The second-order valence-electron chi connectivity index (χ2n) is 12.0. The van der Waals surface area contributed by atoms with E-state index >= 15 is 0 Å². The number of carboxylic acid groups (broad SMARTS) is 1. The van der Waals surface area contributed by atoms with E-state index in [9.17, 15) is 24.3 Å². The van der Waals surface area contributed by atoms with Gasteiger partial charge in [0, 0.05) is 30.0 Å². The van der Waals surface area contributed by atoms with E-state index < -0.39 is 58.9 Å². The minimum atomic E-state index is -1.49. The van der Waals surface area contributed by atoms with Crippen molar-refractivity contribution in [3.8, 4) is 11.5 Å². The van der Waals surface area contributed by atoms with Crippen LogP contribution in [0, 0.1) is 11.3 Å². The fraction of sp³-hybridized carbons (Fsp3) is 0.452. The molecule has 1 saturated carbocycles. The molecule has 1 saturated heterocycles. The van der Waals surface area contributed by atoms with Gasteiger partial charge in [-0.2, -0.15) is 0 Å². The van der Waals surface area contributed by atoms with Crippen LogP contribution in [0.5, 0.6) is 11.5 Å². The fourth-order valence-electron chi connectivity index (χ4n) is 5.32. The van der Waals surface area contributed by atoms with Crippen LogP contribution in [0.1, 0.15) is 40.5 Å². The van der Waals surface area contributed by atoms with E-state index in [4.69, 9.17) is 14.2 Å². The van der Waals surface area contributed by atoms with Crippen LogP contribution in [0.15, 0.2) is 55.5 Å². The van der Waals surface area contributed by atoms with Gasteiger partial charge in [-0.25, -0.2) is 9.59 Å². The lowest BCUT2D eigenvalue weighted by atomic mass is 9.85. The molecule has 2 fully saturated rings. The molecule has 0 radical (unpaired) electrons. The Morgan fingerprint density at radius 3 is 2.53 bits per heavy atom. The highest BCUT2D eigenvalue weighted by atomic mass is 16.6. The molecule has 1 aliphatic heterocycles. The predicted molar refractivity (Wildman–Crippen MR) is 157 cm³/mol. The summed E-state index contributed by atoms with van der Waals surface area (Å²) in [4.78, 5) is 58.1. The van der Waals surface area contributed by atoms with Crippen molar-refractivity contribution in [1.82, 2.24) is 20.5 Å². The van der Waals surface area contributed by atoms with Crippen molar-refractivity contribution < 1.29 is 38.5 Å². The lowest BCUT2D eigenvalue weighted by Gasteiger charge is -2.35. The van der Waals surface area contributed by atoms with Gasteiger partial charge in [0.1, 0.15) is 35.2 Å². The Bertz CT molecular complexity index is 1470. The van der Waals surface area contributed by atoms with Crippen LogP contribution >= 0.6 is 0 Å². The topological polar surface area (TPSA) is 156 Å². The third-order valence-electron chi connectivity index (χ3n) is 7.72. The second kappa shape index (κ2) is 11.9. The van der Waals surface area contributed by atoms with E-state index in [-0.39, 0.29) is 25.1 Å². The Hall–Kier alpha value is -4.61. The molecule has 0 spiro atoms. The molecule has 3 N–H and O–H groups in total. The first-order chi connectivity index (χ1) is 20.2. The van der Waals surface area contributed by atoms with Crippen molar-refractivity contribution in [3.05, 3.63) is 55.5 Å². The maximum absolute atomic E-state index is 14.1. The van der Waals surface area contributed by atoms with Crippen LogP contribution in [0.4, 0.5) is 4.79 Å². The number of fused-ring (bicyclic) bond motifs is 1. The Balaban J connectivity index is 1.65. The average Bonchev–Trinajstić information content (AvgIpc) is 3.50. The Labute approximate surface area is 250 Å². The number of carbonyl (C=O) groups excluding carboxylic acids is 3. The van der Waals surface area contributed by atoms with E-state index in [1.54, 1.807) is 52.3 Å². The van der Waals surface area contributed by atoms with Crippen molar-refractivity contribution in [1.29, 1.82) is 0 Å². The number of aliphatic carboxylic acids is 1. The number of methoxy groups -OCH3 is 1. The minimum Gasteiger partial charge on any atom is -0.497 e. The molecule has 1 aromatic heterocycles. The number of rotatable bonds is 10. The molecule has 5 atom stereocenters. The van der Waals surface area contributed by atoms with E-state index in [1.165, 1.54) is 17.9 Å². The first-order valence-corrected chi connectivity index (χ1v) is 13.9. The van der Waals surface area contributed by atoms with Gasteiger partial charge in [-0.3, -0.25) is 14.6 Å². The number of hydrogen-bond donors (Lipinski definition) is 3. The number of allylic oxidation sites excluding steroid dienone is 1. The highest BCUT2D eigenvalue weighted by Crippen LogP contribution is 2.45. The predicted octanol–water partition coefficient (Wildman–Crippen LogP) is 3.41. The van der Waals surface area contributed by atoms with E-state index in [0.717, 1.165) is 0 Å². The summed E-state index contributed by atoms with van der Waals surface area (Å²) in [5.74, 6) is -1.51. The number of carboxylic acids is 1. The number of benzene rings is 1. The zero-order chi connectivity index (χ0) is 31.7. The van der Waals surface area contributed by atoms with Crippen molar-refractivity contribution in [3.63, 3.8) is 0 Å². The number of aromatic nitrogens is 1. The normalized spacial score (nSPS) is 23.6. The fourth-order valence-corrected chi connectivity index (χ4v) is 5.32. The molecule has 1 aromatic carbocycles. The van der Waals surface area contributed by atoms with Crippen LogP contribution in [0.3, 0.4) is 0 Å². The highest BCUT2D eigenvalue weighted by Gasteiger charge is 2.61. The number of ether oxygens (including phenoxy) is 3. The Morgan fingerprint density at radius 1 is 1.23 bits per heavy atom. The van der Waals surface area contributed by atoms with Gasteiger partial charge in [-0.15, -0.1) is 6.58 Å². The first kappa shape index (κ1) is 31.3. The van der Waals surface area contributed by atoms with Gasteiger partial charge in [0.25, 0.3) is 0 Å². The molecule has 2 aliphatic rings. The van der Waals surface area contributed by atoms with Crippen LogP contribution in [-0.4, -0.2) is 76.2 Å². The monoisotopic (exact) mass is 594 g/mol. The number of alkyl carbamates (subject to hydrolysis) is 1. The van der Waals surface area contributed by atoms with Crippen molar-refractivity contribution in [2.75, 3.05) is 13.7 Å². The smallest absolute Gasteiger partial charge is 0.412 e. The van der Waals surface area contributed by atoms with Crippen molar-refractivity contribution in [2.45, 2.75) is 64.3 Å². The largest absolute Gasteiger partial charge is 0.497 e. The Kier molecular flexibility index (Phi) is 8.70. The van der Waals surface area contributed by atoms with Crippen LogP contribution in [0.2, 0.25) is 0 Å². The molecular weight excluding hydrogens is 556 g/mol. The summed E-state index contributed by atoms with van der Waals surface area (Å²) >= 11 is 0. The molecule has 43 heavy (non-hydrogen) atoms. The van der Waals surface area contributed by atoms with Crippen LogP contribution < -0.4 is 20.1 Å². The molecule has 12 nitrogen and oxygen atoms in total. The maximum Gasteiger partial charge on any atom is 0.412 e. The summed E-state index contributed by atoms with van der Waals surface area (Å²) in [5, 5.41) is 15.8. The second-order valence-corrected chi connectivity index (χ2v) is 12.0. The molecule has 0 unspecified atom stereocenters. The first-order valence-electron chi connectivity index (χ1n) is 13.9. The number of nitrogens with one attached hydrogen (secondary N) is 2. The summed E-state index contributed by atoms with van der Waals surface area (Å²) in [5.41, 5.74) is -1.63. The van der Waals surface area contributed by atoms with Gasteiger partial charge in [0.15, 0.2) is 0 Å². The number of amides is 3. The molecular formula is C31H38N4O8. The number of hydrogen-bond acceptors (Lipinski definition) is 8. The molecule has 2 heterocycles. The van der Waals surface area contributed by atoms with Gasteiger partial charge < -0.3 is 34.9 Å². The van der Waals surface area contributed by atoms with Crippen molar-refractivity contribution >= 4 is 34.8 Å². The number of nitrogens with zero attached hydrogens (tertiary/aromatic N) is 2. The summed E-state index contributed by atoms with van der Waals surface area (Å²) in [6, 6.07) is 4.89. The quantitative estimate of drug-likeness (QED) is 0.277. The van der Waals surface area contributed by atoms with Gasteiger partial charge in [0.05, 0.1) is 24.9 Å². The van der Waals surface area contributed by atoms with Crippen molar-refractivity contribution in [2.24, 2.45) is 11.3 Å². The lowest BCUT2D eigenvalue weighted by molar-refractivity contribution is -0.146. The molecule has 230 valence electrons. The zero-order valence-corrected chi connectivity index (χ0v) is 25.0. The third kappa shape index (κ3) is 6.58. The third-order valence-corrected chi connectivity index (χ3v) is 7.72. The highest BCUT2D eigenvalue weighted by molar-refractivity contribution is 5.96. The van der Waals surface area contributed by atoms with Gasteiger partial charge in [0.2, 0.25) is 11.8 Å². The lowest BCUT2D eigenvalue weighted by Crippen LogP contribution is -2.59. The van der Waals surface area contributed by atoms with Crippen LogP contribution in [-0.2, 0) is 19.1 Å². The SMILES string of the molecule is C=C[C@@H]1C[C@]1(NC(=O)[C@@H]1C[C@@H](Oc2ccnc3cc(OC)ccc23)CN1C(=O)[C@@H](NC(=O)OC(=C)C)C(C)(C)C)C(=O)O. The summed E-state index contributed by atoms with van der Waals surface area (Å²) < 4.78 is 16.7. The van der Waals surface area contributed by atoms with E-state index in [1.807, 2.05) is 6.07 Å². The zero-order valence-electron chi connectivity index (χ0n) is 25.0. The Morgan fingerprint density at radius 2 is 1.95 bits per heavy atom. The molecule has 12 heteroatoms. The standard InChI is InChI=1S/C31H38N4O8/c1-8-18-15-31(18,28(38)39)34-26(36)23-14-20(43-24-11-12-32-22-13-19(41-7)9-10-21(22)24)16-35(23)27(37)25(30(4,5)6)33-29(40)42-17(2)3/h8-13,18,20,23,25H,1-2,14-16H2,3-7H3,(H,33,40)(H,34,36)(H,38,39)/t18-,20-,23+,25-,31-/m1/s1. The molecule has 0 bridgehead atoms. The molecule has 4 rings (SSSR count). The number of carbonyl (C=O) groups is 4. The van der Waals surface area contributed by atoms with Gasteiger partial charge >= 0.3 is 12.1 Å².